The second kappa shape index (κ2) is 6.47. The van der Waals surface area contributed by atoms with Crippen molar-refractivity contribution in [1.82, 2.24) is 9.97 Å². The fourth-order valence-corrected chi connectivity index (χ4v) is 2.74. The molecule has 0 aliphatic heterocycles. The standard InChI is InChI=1S/C14H24N4O2/c1-10-4-6-14(20-3,7-5-10)13-16-11(9-19-2)8-12(17-13)18-15/h8,10H,4-7,9,15H2,1-3H3,(H,16,17,18). The van der Waals surface area contributed by atoms with Crippen LogP contribution in [0.1, 0.15) is 44.1 Å². The minimum atomic E-state index is -0.401. The molecule has 1 aromatic heterocycles. The number of rotatable bonds is 5. The van der Waals surface area contributed by atoms with Crippen molar-refractivity contribution in [3.63, 3.8) is 0 Å². The molecule has 3 N–H and O–H groups in total. The van der Waals surface area contributed by atoms with Crippen molar-refractivity contribution in [3.8, 4) is 0 Å². The molecule has 0 radical (unpaired) electrons. The van der Waals surface area contributed by atoms with Crippen molar-refractivity contribution in [2.24, 2.45) is 11.8 Å². The molecule has 1 saturated carbocycles. The number of hydrogen-bond acceptors (Lipinski definition) is 6. The summed E-state index contributed by atoms with van der Waals surface area (Å²) in [5.41, 5.74) is 3.00. The Hall–Kier alpha value is -1.24. The highest BCUT2D eigenvalue weighted by atomic mass is 16.5. The lowest BCUT2D eigenvalue weighted by Crippen LogP contribution is -2.35. The van der Waals surface area contributed by atoms with Gasteiger partial charge in [0.1, 0.15) is 11.4 Å². The number of methoxy groups -OCH3 is 2. The molecular formula is C14H24N4O2. The Kier molecular flexibility index (Phi) is 4.91. The summed E-state index contributed by atoms with van der Waals surface area (Å²) in [6.45, 7) is 2.70. The van der Waals surface area contributed by atoms with Gasteiger partial charge in [0.15, 0.2) is 5.82 Å². The smallest absolute Gasteiger partial charge is 0.162 e. The molecule has 0 aromatic carbocycles. The first kappa shape index (κ1) is 15.2. The van der Waals surface area contributed by atoms with Crippen molar-refractivity contribution in [3.05, 3.63) is 17.6 Å². The van der Waals surface area contributed by atoms with Crippen LogP contribution in [0.4, 0.5) is 5.82 Å². The Labute approximate surface area is 120 Å². The van der Waals surface area contributed by atoms with Crippen molar-refractivity contribution in [1.29, 1.82) is 0 Å². The maximum Gasteiger partial charge on any atom is 0.162 e. The van der Waals surface area contributed by atoms with Crippen molar-refractivity contribution >= 4 is 5.82 Å². The van der Waals surface area contributed by atoms with Gasteiger partial charge in [0.25, 0.3) is 0 Å². The van der Waals surface area contributed by atoms with Crippen LogP contribution >= 0.6 is 0 Å². The van der Waals surface area contributed by atoms with Crippen LogP contribution in [0, 0.1) is 5.92 Å². The van der Waals surface area contributed by atoms with Gasteiger partial charge in [-0.3, -0.25) is 0 Å². The van der Waals surface area contributed by atoms with Gasteiger partial charge in [-0.05, 0) is 31.6 Å². The number of aromatic nitrogens is 2. The number of nitrogen functional groups attached to an aromatic ring is 1. The molecule has 6 nitrogen and oxygen atoms in total. The van der Waals surface area contributed by atoms with Gasteiger partial charge in [0.2, 0.25) is 0 Å². The molecule has 0 unspecified atom stereocenters. The number of nitrogens with zero attached hydrogens (tertiary/aromatic N) is 2. The van der Waals surface area contributed by atoms with Crippen LogP contribution < -0.4 is 11.3 Å². The first-order valence-corrected chi connectivity index (χ1v) is 7.02. The molecule has 1 aliphatic carbocycles. The second-order valence-corrected chi connectivity index (χ2v) is 5.53. The summed E-state index contributed by atoms with van der Waals surface area (Å²) in [6, 6.07) is 1.79. The highest BCUT2D eigenvalue weighted by molar-refractivity contribution is 5.35. The molecule has 0 atom stereocenters. The molecule has 1 heterocycles. The molecule has 1 aliphatic rings. The van der Waals surface area contributed by atoms with Crippen LogP contribution in [-0.4, -0.2) is 24.2 Å². The summed E-state index contributed by atoms with van der Waals surface area (Å²) >= 11 is 0. The monoisotopic (exact) mass is 280 g/mol. The first-order chi connectivity index (χ1) is 9.63. The number of ether oxygens (including phenoxy) is 2. The van der Waals surface area contributed by atoms with E-state index in [0.717, 1.165) is 37.3 Å². The Morgan fingerprint density at radius 3 is 2.60 bits per heavy atom. The van der Waals surface area contributed by atoms with Crippen LogP contribution in [-0.2, 0) is 21.7 Å². The highest BCUT2D eigenvalue weighted by Crippen LogP contribution is 2.40. The van der Waals surface area contributed by atoms with Gasteiger partial charge in [-0.1, -0.05) is 6.92 Å². The number of nitrogens with one attached hydrogen (secondary N) is 1. The minimum Gasteiger partial charge on any atom is -0.378 e. The van der Waals surface area contributed by atoms with Crippen molar-refractivity contribution in [2.75, 3.05) is 19.6 Å². The predicted octanol–water partition coefficient (Wildman–Crippen LogP) is 1.96. The summed E-state index contributed by atoms with van der Waals surface area (Å²) in [5.74, 6) is 7.52. The molecule has 2 rings (SSSR count). The third-order valence-electron chi connectivity index (χ3n) is 4.10. The van der Waals surface area contributed by atoms with Crippen molar-refractivity contribution < 1.29 is 9.47 Å². The summed E-state index contributed by atoms with van der Waals surface area (Å²) in [4.78, 5) is 9.10. The third kappa shape index (κ3) is 3.08. The normalized spacial score (nSPS) is 26.5. The van der Waals surface area contributed by atoms with E-state index in [1.807, 2.05) is 0 Å². The molecule has 112 valence electrons. The maximum absolute atomic E-state index is 5.81. The predicted molar refractivity (Wildman–Crippen MR) is 76.9 cm³/mol. The summed E-state index contributed by atoms with van der Waals surface area (Å²) in [6.07, 6.45) is 4.12. The molecule has 0 spiro atoms. The minimum absolute atomic E-state index is 0.401. The second-order valence-electron chi connectivity index (χ2n) is 5.53. The van der Waals surface area contributed by atoms with Gasteiger partial charge in [-0.2, -0.15) is 0 Å². The van der Waals surface area contributed by atoms with E-state index < -0.39 is 5.60 Å². The number of nitrogens with two attached hydrogens (primary N) is 1. The van der Waals surface area contributed by atoms with E-state index in [4.69, 9.17) is 15.3 Å². The van der Waals surface area contributed by atoms with Gasteiger partial charge in [-0.15, -0.1) is 0 Å². The van der Waals surface area contributed by atoms with E-state index in [1.165, 1.54) is 0 Å². The van der Waals surface area contributed by atoms with E-state index >= 15 is 0 Å². The fourth-order valence-electron chi connectivity index (χ4n) is 2.74. The van der Waals surface area contributed by atoms with Crippen LogP contribution in [0.25, 0.3) is 0 Å². The molecule has 0 amide bonds. The largest absolute Gasteiger partial charge is 0.378 e. The number of hydrogen-bond donors (Lipinski definition) is 2. The van der Waals surface area contributed by atoms with E-state index in [-0.39, 0.29) is 0 Å². The SMILES string of the molecule is COCc1cc(NN)nc(C2(OC)CCC(C)CC2)n1. The van der Waals surface area contributed by atoms with Crippen LogP contribution in [0.15, 0.2) is 6.07 Å². The van der Waals surface area contributed by atoms with E-state index in [1.54, 1.807) is 20.3 Å². The first-order valence-electron chi connectivity index (χ1n) is 7.02. The molecule has 0 saturated heterocycles. The lowest BCUT2D eigenvalue weighted by atomic mass is 9.79. The van der Waals surface area contributed by atoms with Crippen LogP contribution in [0.5, 0.6) is 0 Å². The quantitative estimate of drug-likeness (QED) is 0.634. The Morgan fingerprint density at radius 2 is 2.05 bits per heavy atom. The highest BCUT2D eigenvalue weighted by Gasteiger charge is 2.39. The zero-order valence-electron chi connectivity index (χ0n) is 12.5. The van der Waals surface area contributed by atoms with Gasteiger partial charge < -0.3 is 14.9 Å². The van der Waals surface area contributed by atoms with Crippen molar-refractivity contribution in [2.45, 2.75) is 44.8 Å². The molecular weight excluding hydrogens is 256 g/mol. The van der Waals surface area contributed by atoms with E-state index in [2.05, 4.69) is 22.3 Å². The average Bonchev–Trinajstić information content (AvgIpc) is 2.48. The van der Waals surface area contributed by atoms with Gasteiger partial charge >= 0.3 is 0 Å². The third-order valence-corrected chi connectivity index (χ3v) is 4.10. The topological polar surface area (TPSA) is 82.3 Å². The van der Waals surface area contributed by atoms with Gasteiger partial charge in [0, 0.05) is 20.3 Å². The van der Waals surface area contributed by atoms with Gasteiger partial charge in [0.05, 0.1) is 12.3 Å². The summed E-state index contributed by atoms with van der Waals surface area (Å²) in [7, 11) is 3.38. The summed E-state index contributed by atoms with van der Waals surface area (Å²) in [5, 5.41) is 0. The zero-order chi connectivity index (χ0) is 14.6. The molecule has 20 heavy (non-hydrogen) atoms. The van der Waals surface area contributed by atoms with Crippen LogP contribution in [0.2, 0.25) is 0 Å². The lowest BCUT2D eigenvalue weighted by Gasteiger charge is -2.37. The molecule has 0 bridgehead atoms. The molecule has 1 aromatic rings. The summed E-state index contributed by atoms with van der Waals surface area (Å²) < 4.78 is 11.0. The van der Waals surface area contributed by atoms with Crippen LogP contribution in [0.3, 0.4) is 0 Å². The van der Waals surface area contributed by atoms with E-state index in [0.29, 0.717) is 18.2 Å². The molecule has 6 heteroatoms. The lowest BCUT2D eigenvalue weighted by molar-refractivity contribution is -0.0599. The maximum atomic E-state index is 5.81. The Bertz CT molecular complexity index is 445. The Morgan fingerprint density at radius 1 is 1.35 bits per heavy atom. The average molecular weight is 280 g/mol. The zero-order valence-corrected chi connectivity index (χ0v) is 12.5. The fraction of sp³-hybridized carbons (Fsp3) is 0.714. The Balaban J connectivity index is 2.35. The number of hydrazine groups is 1. The van der Waals surface area contributed by atoms with Gasteiger partial charge in [-0.25, -0.2) is 15.8 Å². The molecule has 1 fully saturated rings. The van der Waals surface area contributed by atoms with E-state index in [9.17, 15) is 0 Å². The number of anilines is 1.